The van der Waals surface area contributed by atoms with E-state index in [0.717, 1.165) is 28.9 Å². The largest absolute Gasteiger partial charge is 0.384 e. The SMILES string of the molecule is CNC(C)C=O.Cc1nc2ccccn2c1-c1ccc(N)nc1C#Cc1ccnc2c(F)cccc12. The number of nitrogens with zero attached hydrogens (tertiary/aromatic N) is 4. The zero-order chi connectivity index (χ0) is 25.7. The number of pyridine rings is 3. The highest BCUT2D eigenvalue weighted by molar-refractivity contribution is 5.85. The molecule has 0 radical (unpaired) electrons. The summed E-state index contributed by atoms with van der Waals surface area (Å²) in [6.45, 7) is 3.75. The Bertz CT molecular complexity index is 1620. The first-order valence-electron chi connectivity index (χ1n) is 11.3. The highest BCUT2D eigenvalue weighted by Crippen LogP contribution is 2.28. The number of halogens is 1. The Hall–Kier alpha value is -4.61. The maximum Gasteiger partial charge on any atom is 0.149 e. The van der Waals surface area contributed by atoms with E-state index in [0.29, 0.717) is 28.0 Å². The molecular weight excluding hydrogens is 455 g/mol. The summed E-state index contributed by atoms with van der Waals surface area (Å²) in [4.78, 5) is 22.9. The lowest BCUT2D eigenvalue weighted by atomic mass is 10.1. The van der Waals surface area contributed by atoms with E-state index in [-0.39, 0.29) is 11.9 Å². The summed E-state index contributed by atoms with van der Waals surface area (Å²) in [6, 6.07) is 16.1. The molecule has 5 aromatic rings. The number of benzene rings is 1. The average molecular weight is 481 g/mol. The maximum atomic E-state index is 14.1. The van der Waals surface area contributed by atoms with Crippen LogP contribution >= 0.6 is 0 Å². The average Bonchev–Trinajstić information content (AvgIpc) is 3.23. The van der Waals surface area contributed by atoms with Crippen molar-refractivity contribution < 1.29 is 9.18 Å². The Morgan fingerprint density at radius 1 is 1.08 bits per heavy atom. The number of nitrogen functional groups attached to an aromatic ring is 1. The van der Waals surface area contributed by atoms with E-state index in [4.69, 9.17) is 5.73 Å². The van der Waals surface area contributed by atoms with Crippen molar-refractivity contribution >= 4 is 28.7 Å². The fourth-order valence-electron chi connectivity index (χ4n) is 3.64. The quantitative estimate of drug-likeness (QED) is 0.297. The predicted octanol–water partition coefficient (Wildman–Crippen LogP) is 4.17. The summed E-state index contributed by atoms with van der Waals surface area (Å²) in [5, 5.41) is 3.40. The van der Waals surface area contributed by atoms with Crippen molar-refractivity contribution in [3.63, 3.8) is 0 Å². The van der Waals surface area contributed by atoms with Gasteiger partial charge in [-0.15, -0.1) is 0 Å². The number of carbonyl (C=O) groups is 1. The van der Waals surface area contributed by atoms with Crippen molar-refractivity contribution in [1.82, 2.24) is 24.7 Å². The van der Waals surface area contributed by atoms with Crippen LogP contribution in [0.3, 0.4) is 0 Å². The lowest BCUT2D eigenvalue weighted by molar-refractivity contribution is -0.109. The van der Waals surface area contributed by atoms with Crippen LogP contribution in [0.4, 0.5) is 10.2 Å². The van der Waals surface area contributed by atoms with Crippen LogP contribution in [0, 0.1) is 24.6 Å². The van der Waals surface area contributed by atoms with Gasteiger partial charge in [0.25, 0.3) is 0 Å². The summed E-state index contributed by atoms with van der Waals surface area (Å²) >= 11 is 0. The number of aromatic nitrogens is 4. The van der Waals surface area contributed by atoms with Gasteiger partial charge in [-0.05, 0) is 63.2 Å². The molecule has 36 heavy (non-hydrogen) atoms. The summed E-state index contributed by atoms with van der Waals surface area (Å²) < 4.78 is 16.1. The molecule has 0 aliphatic heterocycles. The van der Waals surface area contributed by atoms with Crippen LogP contribution in [-0.2, 0) is 4.79 Å². The molecule has 1 aromatic carbocycles. The predicted molar refractivity (Wildman–Crippen MR) is 140 cm³/mol. The Morgan fingerprint density at radius 3 is 2.67 bits per heavy atom. The van der Waals surface area contributed by atoms with Gasteiger partial charge in [-0.2, -0.15) is 0 Å². The number of imidazole rings is 1. The molecule has 0 amide bonds. The standard InChI is InChI=1S/C24H16FN5.C4H9NO/c1-15-24(30-14-3-2-7-22(30)28-15)18-9-11-21(26)29-20(18)10-8-16-12-13-27-23-17(16)5-4-6-19(23)25;1-4(3-6)5-2/h2-7,9,11-14H,1H3,(H2,26,29);3-5H,1-2H3. The zero-order valence-electron chi connectivity index (χ0n) is 20.2. The second-order valence-corrected chi connectivity index (χ2v) is 8.06. The minimum absolute atomic E-state index is 0.00463. The van der Waals surface area contributed by atoms with E-state index in [9.17, 15) is 9.18 Å². The first-order valence-corrected chi connectivity index (χ1v) is 11.3. The number of para-hydroxylation sites is 1. The lowest BCUT2D eigenvalue weighted by Crippen LogP contribution is -2.21. The number of fused-ring (bicyclic) bond motifs is 2. The van der Waals surface area contributed by atoms with Crippen molar-refractivity contribution in [2.75, 3.05) is 12.8 Å². The van der Waals surface area contributed by atoms with Crippen LogP contribution < -0.4 is 11.1 Å². The van der Waals surface area contributed by atoms with E-state index >= 15 is 0 Å². The third-order valence-electron chi connectivity index (χ3n) is 5.57. The third kappa shape index (κ3) is 5.06. The van der Waals surface area contributed by atoms with Crippen LogP contribution in [0.25, 0.3) is 27.8 Å². The van der Waals surface area contributed by atoms with Crippen LogP contribution in [0.1, 0.15) is 23.9 Å². The van der Waals surface area contributed by atoms with Crippen molar-refractivity contribution in [2.45, 2.75) is 19.9 Å². The molecule has 0 fully saturated rings. The van der Waals surface area contributed by atoms with Crippen LogP contribution in [-0.4, -0.2) is 38.7 Å². The number of rotatable bonds is 3. The molecule has 0 spiro atoms. The Labute approximate surface area is 208 Å². The molecule has 0 bridgehead atoms. The molecule has 5 rings (SSSR count). The summed E-state index contributed by atoms with van der Waals surface area (Å²) in [5.41, 5.74) is 10.9. The molecule has 0 saturated carbocycles. The monoisotopic (exact) mass is 480 g/mol. The van der Waals surface area contributed by atoms with E-state index in [1.807, 2.05) is 41.8 Å². The highest BCUT2D eigenvalue weighted by Gasteiger charge is 2.15. The molecule has 4 aromatic heterocycles. The molecule has 4 heterocycles. The molecule has 3 N–H and O–H groups in total. The van der Waals surface area contributed by atoms with Crippen LogP contribution in [0.15, 0.2) is 67.0 Å². The van der Waals surface area contributed by atoms with Gasteiger partial charge in [0, 0.05) is 28.9 Å². The molecule has 8 heteroatoms. The summed E-state index contributed by atoms with van der Waals surface area (Å²) in [5.74, 6) is 6.25. The van der Waals surface area contributed by atoms with E-state index < -0.39 is 0 Å². The van der Waals surface area contributed by atoms with Gasteiger partial charge >= 0.3 is 0 Å². The zero-order valence-corrected chi connectivity index (χ0v) is 20.2. The van der Waals surface area contributed by atoms with Crippen molar-refractivity contribution in [3.05, 3.63) is 89.8 Å². The van der Waals surface area contributed by atoms with E-state index in [2.05, 4.69) is 32.1 Å². The topological polar surface area (TPSA) is 98.2 Å². The van der Waals surface area contributed by atoms with Gasteiger partial charge in [-0.25, -0.2) is 14.4 Å². The summed E-state index contributed by atoms with van der Waals surface area (Å²) in [7, 11) is 1.75. The van der Waals surface area contributed by atoms with Gasteiger partial charge < -0.3 is 15.8 Å². The third-order valence-corrected chi connectivity index (χ3v) is 5.57. The maximum absolute atomic E-state index is 14.1. The number of carbonyl (C=O) groups excluding carboxylic acids is 1. The second kappa shape index (κ2) is 10.8. The van der Waals surface area contributed by atoms with Crippen LogP contribution in [0.5, 0.6) is 0 Å². The smallest absolute Gasteiger partial charge is 0.149 e. The minimum Gasteiger partial charge on any atom is -0.384 e. The number of aldehydes is 1. The van der Waals surface area contributed by atoms with Crippen molar-refractivity contribution in [1.29, 1.82) is 0 Å². The molecule has 1 atom stereocenters. The first-order chi connectivity index (χ1) is 17.4. The number of anilines is 1. The van der Waals surface area contributed by atoms with Gasteiger partial charge in [-0.1, -0.05) is 24.1 Å². The Morgan fingerprint density at radius 2 is 1.92 bits per heavy atom. The number of likely N-dealkylation sites (N-methyl/N-ethyl adjacent to an activating group) is 1. The van der Waals surface area contributed by atoms with E-state index in [1.165, 1.54) is 6.07 Å². The Balaban J connectivity index is 0.000000455. The molecule has 0 saturated heterocycles. The molecule has 180 valence electrons. The minimum atomic E-state index is -0.375. The second-order valence-electron chi connectivity index (χ2n) is 8.06. The molecule has 0 aliphatic carbocycles. The first kappa shape index (κ1) is 24.5. The van der Waals surface area contributed by atoms with Gasteiger partial charge in [0.05, 0.1) is 17.4 Å². The van der Waals surface area contributed by atoms with Gasteiger partial charge in [0.1, 0.15) is 34.8 Å². The fraction of sp³-hybridized carbons (Fsp3) is 0.143. The van der Waals surface area contributed by atoms with Crippen molar-refractivity contribution in [2.24, 2.45) is 0 Å². The fourth-order valence-corrected chi connectivity index (χ4v) is 3.64. The van der Waals surface area contributed by atoms with Gasteiger partial charge in [0.15, 0.2) is 0 Å². The van der Waals surface area contributed by atoms with Gasteiger partial charge in [-0.3, -0.25) is 9.38 Å². The number of hydrogen-bond donors (Lipinski definition) is 2. The summed E-state index contributed by atoms with van der Waals surface area (Å²) in [6.07, 6.45) is 4.37. The molecule has 1 unspecified atom stereocenters. The number of nitrogens with two attached hydrogens (primary N) is 1. The molecule has 0 aliphatic rings. The molecule has 7 nitrogen and oxygen atoms in total. The number of nitrogens with one attached hydrogen (secondary N) is 1. The number of aryl methyl sites for hydroxylation is 1. The van der Waals surface area contributed by atoms with E-state index in [1.54, 1.807) is 44.4 Å². The van der Waals surface area contributed by atoms with Gasteiger partial charge in [0.2, 0.25) is 0 Å². The molecular formula is C28H25FN6O. The van der Waals surface area contributed by atoms with Crippen molar-refractivity contribution in [3.8, 4) is 23.1 Å². The highest BCUT2D eigenvalue weighted by atomic mass is 19.1. The lowest BCUT2D eigenvalue weighted by Gasteiger charge is -2.07. The normalized spacial score (nSPS) is 11.3. The number of hydrogen-bond acceptors (Lipinski definition) is 6. The van der Waals surface area contributed by atoms with Crippen LogP contribution in [0.2, 0.25) is 0 Å². The Kier molecular flexibility index (Phi) is 7.33.